The van der Waals surface area contributed by atoms with Gasteiger partial charge in [-0.25, -0.2) is 0 Å². The second-order valence-electron chi connectivity index (χ2n) is 7.13. The number of ether oxygens (including phenoxy) is 1. The maximum absolute atomic E-state index is 13.5. The summed E-state index contributed by atoms with van der Waals surface area (Å²) in [5.41, 5.74) is -0.940. The first kappa shape index (κ1) is 21.2. The number of halogens is 3. The lowest BCUT2D eigenvalue weighted by atomic mass is 9.76. The van der Waals surface area contributed by atoms with E-state index in [-0.39, 0.29) is 23.7 Å². The Morgan fingerprint density at radius 2 is 1.74 bits per heavy atom. The normalized spacial score (nSPS) is 12.3. The van der Waals surface area contributed by atoms with Gasteiger partial charge in [-0.3, -0.25) is 4.98 Å². The van der Waals surface area contributed by atoms with Crippen LogP contribution in [0.2, 0.25) is 0 Å². The van der Waals surface area contributed by atoms with Crippen molar-refractivity contribution in [1.29, 1.82) is 0 Å². The van der Waals surface area contributed by atoms with Crippen molar-refractivity contribution in [3.8, 4) is 5.75 Å². The highest BCUT2D eigenvalue weighted by Gasteiger charge is 2.37. The first-order chi connectivity index (χ1) is 12.5. The molecule has 1 aromatic heterocycles. The highest BCUT2D eigenvalue weighted by Crippen LogP contribution is 2.36. The highest BCUT2D eigenvalue weighted by molar-refractivity contribution is 6.60. The predicted octanol–water partition coefficient (Wildman–Crippen LogP) is 3.82. The van der Waals surface area contributed by atoms with Crippen LogP contribution in [0.25, 0.3) is 0 Å². The molecule has 2 rings (SSSR count). The third-order valence-corrected chi connectivity index (χ3v) is 4.54. The maximum Gasteiger partial charge on any atom is 0.491 e. The van der Waals surface area contributed by atoms with Crippen molar-refractivity contribution in [1.82, 2.24) is 4.98 Å². The third kappa shape index (κ3) is 5.71. The van der Waals surface area contributed by atoms with Crippen LogP contribution in [0.1, 0.15) is 38.8 Å². The zero-order chi connectivity index (χ0) is 20.2. The largest absolute Gasteiger partial charge is 0.491 e. The van der Waals surface area contributed by atoms with Crippen LogP contribution in [-0.2, 0) is 17.4 Å². The number of rotatable bonds is 7. The zero-order valence-electron chi connectivity index (χ0n) is 15.7. The summed E-state index contributed by atoms with van der Waals surface area (Å²) in [6.07, 6.45) is -1.55. The summed E-state index contributed by atoms with van der Waals surface area (Å²) >= 11 is 0. The molecule has 0 amide bonds. The van der Waals surface area contributed by atoms with Crippen LogP contribution in [0.15, 0.2) is 42.7 Å². The number of nitrogens with zero attached hydrogens (tertiary/aromatic N) is 1. The van der Waals surface area contributed by atoms with E-state index in [1.54, 1.807) is 26.0 Å². The molecule has 27 heavy (non-hydrogen) atoms. The molecule has 1 aromatic carbocycles. The summed E-state index contributed by atoms with van der Waals surface area (Å²) in [6.45, 7) is 7.34. The smallest absolute Gasteiger partial charge is 0.488 e. The lowest BCUT2D eigenvalue weighted by Crippen LogP contribution is -2.44. The Kier molecular flexibility index (Phi) is 6.54. The van der Waals surface area contributed by atoms with Gasteiger partial charge in [-0.15, -0.1) is 0 Å². The Labute approximate surface area is 157 Å². The SMILES string of the molecule is CC(C)C(C)(C)OB(O)c1ccc(OCc2ccncc2)c(C(F)(F)F)c1. The van der Waals surface area contributed by atoms with Crippen molar-refractivity contribution in [2.24, 2.45) is 5.92 Å². The molecule has 1 N–H and O–H groups in total. The van der Waals surface area contributed by atoms with Crippen molar-refractivity contribution < 1.29 is 27.6 Å². The first-order valence-corrected chi connectivity index (χ1v) is 8.59. The second-order valence-corrected chi connectivity index (χ2v) is 7.13. The van der Waals surface area contributed by atoms with Crippen LogP contribution < -0.4 is 10.2 Å². The van der Waals surface area contributed by atoms with E-state index in [2.05, 4.69) is 4.98 Å². The van der Waals surface area contributed by atoms with E-state index in [4.69, 9.17) is 9.39 Å². The van der Waals surface area contributed by atoms with Gasteiger partial charge in [-0.2, -0.15) is 13.2 Å². The minimum absolute atomic E-state index is 0.0207. The summed E-state index contributed by atoms with van der Waals surface area (Å²) in [7, 11) is -1.47. The molecule has 0 aliphatic rings. The molecule has 146 valence electrons. The maximum atomic E-state index is 13.5. The van der Waals surface area contributed by atoms with Crippen molar-refractivity contribution in [2.75, 3.05) is 0 Å². The Bertz CT molecular complexity index is 752. The van der Waals surface area contributed by atoms with Gasteiger partial charge >= 0.3 is 13.3 Å². The average molecular weight is 381 g/mol. The van der Waals surface area contributed by atoms with Gasteiger partial charge in [0, 0.05) is 12.4 Å². The monoisotopic (exact) mass is 381 g/mol. The van der Waals surface area contributed by atoms with Gasteiger partial charge in [0.1, 0.15) is 12.4 Å². The standard InChI is InChI=1S/C19H23BF3NO3/c1-13(2)18(3,4)27-20(25)15-5-6-17(16(11-15)19(21,22)23)26-12-14-7-9-24-10-8-14/h5-11,13,25H,12H2,1-4H3. The molecule has 0 fully saturated rings. The van der Waals surface area contributed by atoms with E-state index in [0.29, 0.717) is 5.56 Å². The Morgan fingerprint density at radius 3 is 2.30 bits per heavy atom. The zero-order valence-corrected chi connectivity index (χ0v) is 15.7. The fraction of sp³-hybridized carbons (Fsp3) is 0.421. The van der Waals surface area contributed by atoms with Crippen molar-refractivity contribution in [3.05, 3.63) is 53.9 Å². The van der Waals surface area contributed by atoms with Gasteiger partial charge in [-0.1, -0.05) is 19.9 Å². The molecule has 0 unspecified atom stereocenters. The molecule has 2 aromatic rings. The molecule has 0 saturated heterocycles. The van der Waals surface area contributed by atoms with E-state index in [1.807, 2.05) is 13.8 Å². The summed E-state index contributed by atoms with van der Waals surface area (Å²) < 4.78 is 51.3. The molecule has 0 saturated carbocycles. The van der Waals surface area contributed by atoms with Crippen molar-refractivity contribution in [2.45, 2.75) is 46.1 Å². The van der Waals surface area contributed by atoms with Crippen LogP contribution in [0.5, 0.6) is 5.75 Å². The lowest BCUT2D eigenvalue weighted by Gasteiger charge is -2.31. The quantitative estimate of drug-likeness (QED) is 0.741. The predicted molar refractivity (Wildman–Crippen MR) is 97.6 cm³/mol. The van der Waals surface area contributed by atoms with Gasteiger partial charge in [0.15, 0.2) is 0 Å². The molecule has 0 atom stereocenters. The summed E-state index contributed by atoms with van der Waals surface area (Å²) in [5, 5.41) is 10.3. The molecule has 0 aliphatic heterocycles. The van der Waals surface area contributed by atoms with Gasteiger partial charge in [0.2, 0.25) is 0 Å². The highest BCUT2D eigenvalue weighted by atomic mass is 19.4. The summed E-state index contributed by atoms with van der Waals surface area (Å²) in [4.78, 5) is 3.85. The minimum atomic E-state index is -4.63. The number of pyridine rings is 1. The van der Waals surface area contributed by atoms with Crippen LogP contribution >= 0.6 is 0 Å². The topological polar surface area (TPSA) is 51.6 Å². The fourth-order valence-electron chi connectivity index (χ4n) is 2.18. The third-order valence-electron chi connectivity index (χ3n) is 4.54. The van der Waals surface area contributed by atoms with E-state index < -0.39 is 24.5 Å². The molecular weight excluding hydrogens is 358 g/mol. The molecule has 4 nitrogen and oxygen atoms in total. The Morgan fingerprint density at radius 1 is 1.11 bits per heavy atom. The van der Waals surface area contributed by atoms with E-state index in [9.17, 15) is 18.2 Å². The van der Waals surface area contributed by atoms with E-state index in [1.165, 1.54) is 24.5 Å². The number of aromatic nitrogens is 1. The molecule has 1 heterocycles. The Hall–Kier alpha value is -2.06. The number of alkyl halides is 3. The van der Waals surface area contributed by atoms with Crippen LogP contribution in [0, 0.1) is 5.92 Å². The van der Waals surface area contributed by atoms with Gasteiger partial charge in [0.25, 0.3) is 0 Å². The van der Waals surface area contributed by atoms with Crippen LogP contribution in [-0.4, -0.2) is 22.7 Å². The first-order valence-electron chi connectivity index (χ1n) is 8.59. The molecule has 0 aliphatic carbocycles. The molecular formula is C19H23BF3NO3. The molecule has 0 spiro atoms. The fourth-order valence-corrected chi connectivity index (χ4v) is 2.18. The van der Waals surface area contributed by atoms with E-state index >= 15 is 0 Å². The van der Waals surface area contributed by atoms with Crippen molar-refractivity contribution in [3.63, 3.8) is 0 Å². The number of benzene rings is 1. The number of hydrogen-bond donors (Lipinski definition) is 1. The van der Waals surface area contributed by atoms with Gasteiger partial charge in [0.05, 0.1) is 11.2 Å². The van der Waals surface area contributed by atoms with Gasteiger partial charge < -0.3 is 14.4 Å². The van der Waals surface area contributed by atoms with Crippen molar-refractivity contribution >= 4 is 12.6 Å². The van der Waals surface area contributed by atoms with Crippen LogP contribution in [0.3, 0.4) is 0 Å². The summed E-state index contributed by atoms with van der Waals surface area (Å²) in [5.74, 6) is -0.240. The van der Waals surface area contributed by atoms with Gasteiger partial charge in [-0.05, 0) is 55.1 Å². The summed E-state index contributed by atoms with van der Waals surface area (Å²) in [6, 6.07) is 6.76. The minimum Gasteiger partial charge on any atom is -0.488 e. The number of hydrogen-bond acceptors (Lipinski definition) is 4. The average Bonchev–Trinajstić information content (AvgIpc) is 2.59. The van der Waals surface area contributed by atoms with Crippen LogP contribution in [0.4, 0.5) is 13.2 Å². The molecule has 8 heteroatoms. The van der Waals surface area contributed by atoms with E-state index in [0.717, 1.165) is 6.07 Å². The second kappa shape index (κ2) is 8.31. The molecule has 0 bridgehead atoms. The Balaban J connectivity index is 2.25. The lowest BCUT2D eigenvalue weighted by molar-refractivity contribution is -0.139. The molecule has 0 radical (unpaired) electrons.